The van der Waals surface area contributed by atoms with E-state index in [1.807, 2.05) is 29.5 Å². The fourth-order valence-corrected chi connectivity index (χ4v) is 2.97. The molecule has 2 rings (SSSR count). The number of nitrogens with zero attached hydrogens (tertiary/aromatic N) is 1. The zero-order valence-electron chi connectivity index (χ0n) is 15.3. The molecule has 148 valence electrons. The van der Waals surface area contributed by atoms with Crippen LogP contribution in [0.15, 0.2) is 41.5 Å². The second-order valence-corrected chi connectivity index (χ2v) is 6.54. The Bertz CT molecular complexity index is 867. The third kappa shape index (κ3) is 6.12. The highest BCUT2D eigenvalue weighted by Crippen LogP contribution is 2.33. The van der Waals surface area contributed by atoms with E-state index in [9.17, 15) is 9.59 Å². The molecule has 0 atom stereocenters. The fourth-order valence-electron chi connectivity index (χ4n) is 2.19. The van der Waals surface area contributed by atoms with Crippen molar-refractivity contribution >= 4 is 40.7 Å². The summed E-state index contributed by atoms with van der Waals surface area (Å²) in [7, 11) is 1.45. The van der Waals surface area contributed by atoms with Gasteiger partial charge in [-0.05, 0) is 71.5 Å². The summed E-state index contributed by atoms with van der Waals surface area (Å²) in [5, 5.41) is 12.7. The predicted molar refractivity (Wildman–Crippen MR) is 112 cm³/mol. The number of carbonyl (C=O) groups is 2. The Morgan fingerprint density at radius 3 is 2.54 bits per heavy atom. The maximum atomic E-state index is 12.1. The maximum Gasteiger partial charge on any atom is 0.341 e. The number of hydrazone groups is 1. The molecule has 0 aromatic heterocycles. The number of aliphatic carboxylic acids is 1. The molecule has 0 aliphatic rings. The van der Waals surface area contributed by atoms with Gasteiger partial charge in [0.15, 0.2) is 18.1 Å². The van der Waals surface area contributed by atoms with Crippen LogP contribution in [-0.4, -0.2) is 43.5 Å². The number of halogens is 1. The van der Waals surface area contributed by atoms with Crippen molar-refractivity contribution in [2.45, 2.75) is 6.92 Å². The van der Waals surface area contributed by atoms with E-state index in [0.29, 0.717) is 38.6 Å². The Balaban J connectivity index is 2.05. The second-order valence-electron chi connectivity index (χ2n) is 5.37. The first-order chi connectivity index (χ1) is 13.4. The summed E-state index contributed by atoms with van der Waals surface area (Å²) in [6, 6.07) is 10.1. The highest BCUT2D eigenvalue weighted by atomic mass is 127. The molecule has 2 N–H and O–H groups in total. The van der Waals surface area contributed by atoms with Crippen LogP contribution >= 0.6 is 22.6 Å². The van der Waals surface area contributed by atoms with Crippen LogP contribution in [-0.2, 0) is 4.79 Å². The predicted octanol–water partition coefficient (Wildman–Crippen LogP) is 2.93. The van der Waals surface area contributed by atoms with Crippen molar-refractivity contribution in [2.75, 3.05) is 20.3 Å². The van der Waals surface area contributed by atoms with Crippen LogP contribution in [0.25, 0.3) is 0 Å². The summed E-state index contributed by atoms with van der Waals surface area (Å²) in [6.45, 7) is 1.96. The highest BCUT2D eigenvalue weighted by Gasteiger charge is 2.13. The third-order valence-corrected chi connectivity index (χ3v) is 4.20. The number of methoxy groups -OCH3 is 1. The monoisotopic (exact) mass is 498 g/mol. The summed E-state index contributed by atoms with van der Waals surface area (Å²) < 4.78 is 16.5. The molecule has 1 amide bonds. The zero-order valence-corrected chi connectivity index (χ0v) is 17.4. The van der Waals surface area contributed by atoms with Crippen molar-refractivity contribution in [3.8, 4) is 17.2 Å². The summed E-state index contributed by atoms with van der Waals surface area (Å²) in [5.41, 5.74) is 3.55. The first-order valence-electron chi connectivity index (χ1n) is 8.23. The first kappa shape index (κ1) is 21.5. The van der Waals surface area contributed by atoms with Crippen LogP contribution < -0.4 is 19.6 Å². The summed E-state index contributed by atoms with van der Waals surface area (Å²) in [4.78, 5) is 22.8. The number of amides is 1. The summed E-state index contributed by atoms with van der Waals surface area (Å²) in [6.07, 6.45) is 1.46. The SMILES string of the molecule is CCOc1ccc(C(=O)N/N=C\c2cc(I)c(OCC(=O)O)c(OC)c2)cc1. The average Bonchev–Trinajstić information content (AvgIpc) is 2.67. The zero-order chi connectivity index (χ0) is 20.5. The molecule has 28 heavy (non-hydrogen) atoms. The van der Waals surface area contributed by atoms with E-state index < -0.39 is 12.6 Å². The van der Waals surface area contributed by atoms with Crippen LogP contribution in [0.5, 0.6) is 17.2 Å². The van der Waals surface area contributed by atoms with Crippen LogP contribution in [0.2, 0.25) is 0 Å². The largest absolute Gasteiger partial charge is 0.494 e. The minimum absolute atomic E-state index is 0.334. The second kappa shape index (κ2) is 10.5. The third-order valence-electron chi connectivity index (χ3n) is 3.40. The number of hydrogen-bond acceptors (Lipinski definition) is 6. The van der Waals surface area contributed by atoms with Gasteiger partial charge in [-0.25, -0.2) is 10.2 Å². The van der Waals surface area contributed by atoms with E-state index in [-0.39, 0.29) is 5.91 Å². The van der Waals surface area contributed by atoms with Gasteiger partial charge in [-0.2, -0.15) is 5.10 Å². The molecule has 2 aromatic rings. The number of rotatable bonds is 9. The fraction of sp³-hybridized carbons (Fsp3) is 0.211. The molecule has 0 radical (unpaired) electrons. The minimum Gasteiger partial charge on any atom is -0.494 e. The van der Waals surface area contributed by atoms with Gasteiger partial charge in [-0.1, -0.05) is 0 Å². The molecule has 0 spiro atoms. The number of ether oxygens (including phenoxy) is 3. The summed E-state index contributed by atoms with van der Waals surface area (Å²) >= 11 is 2.01. The molecular weight excluding hydrogens is 479 g/mol. The van der Waals surface area contributed by atoms with E-state index >= 15 is 0 Å². The van der Waals surface area contributed by atoms with Gasteiger partial charge in [-0.3, -0.25) is 4.79 Å². The number of hydrogen-bond donors (Lipinski definition) is 2. The first-order valence-corrected chi connectivity index (χ1v) is 9.30. The smallest absolute Gasteiger partial charge is 0.341 e. The van der Waals surface area contributed by atoms with Crippen LogP contribution in [0, 0.1) is 3.57 Å². The van der Waals surface area contributed by atoms with Crippen molar-refractivity contribution in [3.63, 3.8) is 0 Å². The van der Waals surface area contributed by atoms with Crippen molar-refractivity contribution < 1.29 is 28.9 Å². The van der Waals surface area contributed by atoms with Crippen molar-refractivity contribution in [1.82, 2.24) is 5.43 Å². The molecule has 0 saturated heterocycles. The van der Waals surface area contributed by atoms with E-state index in [2.05, 4.69) is 10.5 Å². The Morgan fingerprint density at radius 1 is 1.21 bits per heavy atom. The normalized spacial score (nSPS) is 10.5. The lowest BCUT2D eigenvalue weighted by Gasteiger charge is -2.12. The van der Waals surface area contributed by atoms with Gasteiger partial charge in [0, 0.05) is 5.56 Å². The van der Waals surface area contributed by atoms with Gasteiger partial charge >= 0.3 is 5.97 Å². The Hall–Kier alpha value is -2.82. The topological polar surface area (TPSA) is 106 Å². The number of benzene rings is 2. The van der Waals surface area contributed by atoms with Gasteiger partial charge in [0.05, 0.1) is 23.5 Å². The molecule has 0 aliphatic heterocycles. The molecule has 0 aliphatic carbocycles. The standard InChI is InChI=1S/C19H19IN2O6/c1-3-27-14-6-4-13(5-7-14)19(25)22-21-10-12-8-15(20)18(16(9-12)26-2)28-11-17(23)24/h4-10H,3,11H2,1-2H3,(H,22,25)(H,23,24)/b21-10-. The number of carboxylic acids is 1. The van der Waals surface area contributed by atoms with E-state index in [1.165, 1.54) is 13.3 Å². The van der Waals surface area contributed by atoms with E-state index in [0.717, 1.165) is 0 Å². The van der Waals surface area contributed by atoms with Gasteiger partial charge < -0.3 is 19.3 Å². The van der Waals surface area contributed by atoms with Crippen molar-refractivity contribution in [3.05, 3.63) is 51.1 Å². The molecule has 0 bridgehead atoms. The lowest BCUT2D eigenvalue weighted by atomic mass is 10.2. The van der Waals surface area contributed by atoms with Crippen LogP contribution in [0.1, 0.15) is 22.8 Å². The molecule has 0 fully saturated rings. The Labute approximate surface area is 175 Å². The molecule has 0 heterocycles. The molecular formula is C19H19IN2O6. The molecule has 8 nitrogen and oxygen atoms in total. The molecule has 0 unspecified atom stereocenters. The van der Waals surface area contributed by atoms with Gasteiger partial charge in [-0.15, -0.1) is 0 Å². The van der Waals surface area contributed by atoms with Gasteiger partial charge in [0.25, 0.3) is 5.91 Å². The van der Waals surface area contributed by atoms with Crippen LogP contribution in [0.4, 0.5) is 0 Å². The van der Waals surface area contributed by atoms with E-state index in [1.54, 1.807) is 36.4 Å². The lowest BCUT2D eigenvalue weighted by Crippen LogP contribution is -2.17. The van der Waals surface area contributed by atoms with E-state index in [4.69, 9.17) is 19.3 Å². The lowest BCUT2D eigenvalue weighted by molar-refractivity contribution is -0.139. The molecule has 0 saturated carbocycles. The Kier molecular flexibility index (Phi) is 8.05. The minimum atomic E-state index is -1.08. The number of carbonyl (C=O) groups excluding carboxylic acids is 1. The maximum absolute atomic E-state index is 12.1. The quantitative estimate of drug-likeness (QED) is 0.313. The van der Waals surface area contributed by atoms with Crippen LogP contribution in [0.3, 0.4) is 0 Å². The van der Waals surface area contributed by atoms with Crippen molar-refractivity contribution in [1.29, 1.82) is 0 Å². The van der Waals surface area contributed by atoms with Gasteiger partial charge in [0.2, 0.25) is 0 Å². The average molecular weight is 498 g/mol. The molecule has 9 heteroatoms. The Morgan fingerprint density at radius 2 is 1.93 bits per heavy atom. The van der Waals surface area contributed by atoms with Crippen molar-refractivity contribution in [2.24, 2.45) is 5.10 Å². The highest BCUT2D eigenvalue weighted by molar-refractivity contribution is 14.1. The number of nitrogens with one attached hydrogen (secondary N) is 1. The molecule has 2 aromatic carbocycles. The van der Waals surface area contributed by atoms with Gasteiger partial charge in [0.1, 0.15) is 5.75 Å². The number of carboxylic acid groups (broad SMARTS) is 1. The summed E-state index contributed by atoms with van der Waals surface area (Å²) in [5.74, 6) is -0.0502.